The smallest absolute Gasteiger partial charge is 0.309 e. The summed E-state index contributed by atoms with van der Waals surface area (Å²) in [6, 6.07) is 0. The van der Waals surface area contributed by atoms with Gasteiger partial charge in [0.15, 0.2) is 0 Å². The Hall–Kier alpha value is -0.530. The highest BCUT2D eigenvalue weighted by Gasteiger charge is 2.41. The summed E-state index contributed by atoms with van der Waals surface area (Å²) >= 11 is 0. The van der Waals surface area contributed by atoms with Crippen molar-refractivity contribution in [2.24, 2.45) is 11.3 Å². The van der Waals surface area contributed by atoms with Crippen LogP contribution in [0.15, 0.2) is 0 Å². The first kappa shape index (κ1) is 11.5. The highest BCUT2D eigenvalue weighted by molar-refractivity contribution is 5.74. The van der Waals surface area contributed by atoms with E-state index in [0.717, 1.165) is 19.3 Å². The first-order valence-corrected chi connectivity index (χ1v) is 5.45. The lowest BCUT2D eigenvalue weighted by atomic mass is 9.82. The molecule has 0 bridgehead atoms. The Labute approximate surface area is 87.0 Å². The number of rotatable bonds is 1. The van der Waals surface area contributed by atoms with Gasteiger partial charge >= 0.3 is 5.97 Å². The zero-order valence-corrected chi connectivity index (χ0v) is 10.0. The molecule has 0 heterocycles. The molecule has 0 spiro atoms. The van der Waals surface area contributed by atoms with Crippen molar-refractivity contribution in [1.29, 1.82) is 0 Å². The van der Waals surface area contributed by atoms with Crippen molar-refractivity contribution in [2.75, 3.05) is 0 Å². The van der Waals surface area contributed by atoms with E-state index < -0.39 is 0 Å². The van der Waals surface area contributed by atoms with Gasteiger partial charge in [-0.2, -0.15) is 0 Å². The second-order valence-corrected chi connectivity index (χ2v) is 5.97. The van der Waals surface area contributed by atoms with Crippen LogP contribution in [0.25, 0.3) is 0 Å². The Morgan fingerprint density at radius 2 is 1.93 bits per heavy atom. The quantitative estimate of drug-likeness (QED) is 0.605. The van der Waals surface area contributed by atoms with Gasteiger partial charge in [0.25, 0.3) is 0 Å². The van der Waals surface area contributed by atoms with Crippen LogP contribution in [0.3, 0.4) is 0 Å². The fraction of sp³-hybridized carbons (Fsp3) is 0.917. The minimum absolute atomic E-state index is 0.0139. The molecule has 0 saturated heterocycles. The van der Waals surface area contributed by atoms with Crippen molar-refractivity contribution >= 4 is 5.97 Å². The molecular weight excluding hydrogens is 176 g/mol. The maximum Gasteiger partial charge on any atom is 0.309 e. The summed E-state index contributed by atoms with van der Waals surface area (Å²) in [4.78, 5) is 11.9. The van der Waals surface area contributed by atoms with Crippen LogP contribution in [-0.4, -0.2) is 11.6 Å². The van der Waals surface area contributed by atoms with Crippen LogP contribution in [0, 0.1) is 11.3 Å². The minimum atomic E-state index is -0.351. The molecule has 1 rings (SSSR count). The van der Waals surface area contributed by atoms with Crippen molar-refractivity contribution in [1.82, 2.24) is 0 Å². The molecule has 1 atom stereocenters. The fourth-order valence-electron chi connectivity index (χ4n) is 2.14. The Kier molecular flexibility index (Phi) is 2.93. The summed E-state index contributed by atoms with van der Waals surface area (Å²) in [5.41, 5.74) is -0.224. The third-order valence-electron chi connectivity index (χ3n) is 2.95. The third-order valence-corrected chi connectivity index (χ3v) is 2.95. The van der Waals surface area contributed by atoms with Crippen LogP contribution in [0.4, 0.5) is 0 Å². The molecule has 0 N–H and O–H groups in total. The van der Waals surface area contributed by atoms with E-state index in [1.807, 2.05) is 20.8 Å². The molecule has 0 aromatic heterocycles. The average molecular weight is 198 g/mol. The molecule has 1 saturated carbocycles. The Bertz CT molecular complexity index is 223. The number of esters is 1. The molecule has 2 heteroatoms. The van der Waals surface area contributed by atoms with Gasteiger partial charge in [0.1, 0.15) is 5.60 Å². The first-order valence-electron chi connectivity index (χ1n) is 5.45. The van der Waals surface area contributed by atoms with Gasteiger partial charge in [-0.05, 0) is 39.0 Å². The normalized spacial score (nSPS) is 26.2. The molecule has 0 radical (unpaired) electrons. The van der Waals surface area contributed by atoms with E-state index in [1.54, 1.807) is 0 Å². The second kappa shape index (κ2) is 3.56. The van der Waals surface area contributed by atoms with Crippen molar-refractivity contribution in [2.45, 2.75) is 59.5 Å². The van der Waals surface area contributed by atoms with E-state index in [4.69, 9.17) is 4.74 Å². The lowest BCUT2D eigenvalue weighted by molar-refractivity contribution is -0.163. The zero-order chi connectivity index (χ0) is 11.0. The maximum absolute atomic E-state index is 11.9. The van der Waals surface area contributed by atoms with Gasteiger partial charge in [0, 0.05) is 0 Å². The summed E-state index contributed by atoms with van der Waals surface area (Å²) in [5, 5.41) is 0. The van der Waals surface area contributed by atoms with Crippen LogP contribution in [0.1, 0.15) is 53.9 Å². The number of carbonyl (C=O) groups excluding carboxylic acids is 1. The monoisotopic (exact) mass is 198 g/mol. The molecule has 1 unspecified atom stereocenters. The predicted molar refractivity (Wildman–Crippen MR) is 57.0 cm³/mol. The summed E-state index contributed by atoms with van der Waals surface area (Å²) in [7, 11) is 0. The van der Waals surface area contributed by atoms with Crippen LogP contribution in [0.5, 0.6) is 0 Å². The standard InChI is InChI=1S/C12H22O2/c1-11(2,3)14-10(13)9-7-6-8-12(9,4)5/h9H,6-8H2,1-5H3. The van der Waals surface area contributed by atoms with Gasteiger partial charge in [-0.1, -0.05) is 20.3 Å². The minimum Gasteiger partial charge on any atom is -0.460 e. The van der Waals surface area contributed by atoms with E-state index in [2.05, 4.69) is 13.8 Å². The molecule has 14 heavy (non-hydrogen) atoms. The van der Waals surface area contributed by atoms with Gasteiger partial charge in [0.2, 0.25) is 0 Å². The van der Waals surface area contributed by atoms with Crippen molar-refractivity contribution in [3.05, 3.63) is 0 Å². The van der Waals surface area contributed by atoms with Gasteiger partial charge in [-0.25, -0.2) is 0 Å². The highest BCUT2D eigenvalue weighted by atomic mass is 16.6. The van der Waals surface area contributed by atoms with Gasteiger partial charge in [-0.3, -0.25) is 4.79 Å². The SMILES string of the molecule is CC(C)(C)OC(=O)C1CCCC1(C)C. The van der Waals surface area contributed by atoms with E-state index in [1.165, 1.54) is 0 Å². The molecule has 82 valence electrons. The molecule has 0 aromatic carbocycles. The van der Waals surface area contributed by atoms with E-state index >= 15 is 0 Å². The van der Waals surface area contributed by atoms with Gasteiger partial charge in [-0.15, -0.1) is 0 Å². The number of hydrogen-bond acceptors (Lipinski definition) is 2. The topological polar surface area (TPSA) is 26.3 Å². The van der Waals surface area contributed by atoms with Crippen molar-refractivity contribution in [3.63, 3.8) is 0 Å². The summed E-state index contributed by atoms with van der Waals surface area (Å²) < 4.78 is 5.42. The zero-order valence-electron chi connectivity index (χ0n) is 10.0. The third kappa shape index (κ3) is 2.73. The molecule has 1 fully saturated rings. The largest absolute Gasteiger partial charge is 0.460 e. The predicted octanol–water partition coefficient (Wildman–Crippen LogP) is 3.15. The lowest BCUT2D eigenvalue weighted by Gasteiger charge is -2.29. The van der Waals surface area contributed by atoms with E-state index in [-0.39, 0.29) is 22.9 Å². The summed E-state index contributed by atoms with van der Waals surface area (Å²) in [6.45, 7) is 10.1. The van der Waals surface area contributed by atoms with Crippen LogP contribution < -0.4 is 0 Å². The van der Waals surface area contributed by atoms with Gasteiger partial charge in [0.05, 0.1) is 5.92 Å². The molecule has 0 amide bonds. The van der Waals surface area contributed by atoms with Crippen LogP contribution in [0.2, 0.25) is 0 Å². The van der Waals surface area contributed by atoms with Gasteiger partial charge < -0.3 is 4.74 Å². The molecule has 0 aromatic rings. The summed E-state index contributed by atoms with van der Waals surface area (Å²) in [5.74, 6) is 0.0849. The Balaban J connectivity index is 2.62. The Morgan fingerprint density at radius 3 is 2.29 bits per heavy atom. The average Bonchev–Trinajstić information content (AvgIpc) is 2.25. The maximum atomic E-state index is 11.9. The van der Waals surface area contributed by atoms with Crippen LogP contribution >= 0.6 is 0 Å². The first-order chi connectivity index (χ1) is 6.22. The number of ether oxygens (including phenoxy) is 1. The molecular formula is C12H22O2. The van der Waals surface area contributed by atoms with Crippen molar-refractivity contribution in [3.8, 4) is 0 Å². The lowest BCUT2D eigenvalue weighted by Crippen LogP contribution is -2.33. The molecule has 2 nitrogen and oxygen atoms in total. The summed E-state index contributed by atoms with van der Waals surface area (Å²) in [6.07, 6.45) is 3.27. The number of hydrogen-bond donors (Lipinski definition) is 0. The van der Waals surface area contributed by atoms with E-state index in [9.17, 15) is 4.79 Å². The Morgan fingerprint density at radius 1 is 1.36 bits per heavy atom. The van der Waals surface area contributed by atoms with Crippen LogP contribution in [-0.2, 0) is 9.53 Å². The molecule has 1 aliphatic carbocycles. The second-order valence-electron chi connectivity index (χ2n) is 5.97. The molecule has 1 aliphatic rings. The molecule has 0 aliphatic heterocycles. The number of carbonyl (C=O) groups is 1. The van der Waals surface area contributed by atoms with Crippen molar-refractivity contribution < 1.29 is 9.53 Å². The fourth-order valence-corrected chi connectivity index (χ4v) is 2.14. The highest BCUT2D eigenvalue weighted by Crippen LogP contribution is 2.43. The van der Waals surface area contributed by atoms with E-state index in [0.29, 0.717) is 0 Å².